The van der Waals surface area contributed by atoms with Crippen LogP contribution in [0.1, 0.15) is 12.5 Å². The summed E-state index contributed by atoms with van der Waals surface area (Å²) in [6.45, 7) is 1.28. The molecule has 0 aromatic heterocycles. The highest BCUT2D eigenvalue weighted by Crippen LogP contribution is 2.33. The molecule has 0 radical (unpaired) electrons. The first-order chi connectivity index (χ1) is 16.4. The Morgan fingerprint density at radius 3 is 2.44 bits per heavy atom. The highest BCUT2D eigenvalue weighted by Gasteiger charge is 2.48. The first kappa shape index (κ1) is 23.4. The highest BCUT2D eigenvalue weighted by molar-refractivity contribution is 7.99. The maximum Gasteiger partial charge on any atom is 0.325 e. The average Bonchev–Trinajstić information content (AvgIpc) is 3.04. The second-order valence-electron chi connectivity index (χ2n) is 8.10. The number of hydrogen-bond acceptors (Lipinski definition) is 5. The molecule has 1 fully saturated rings. The van der Waals surface area contributed by atoms with Crippen LogP contribution in [-0.4, -0.2) is 41.9 Å². The van der Waals surface area contributed by atoms with Crippen LogP contribution in [0.25, 0.3) is 0 Å². The molecule has 0 aliphatic carbocycles. The summed E-state index contributed by atoms with van der Waals surface area (Å²) in [6.07, 6.45) is 0.246. The third-order valence-electron chi connectivity index (χ3n) is 5.52. The summed E-state index contributed by atoms with van der Waals surface area (Å²) >= 11 is 1.52. The molecule has 0 spiro atoms. The molecule has 4 amide bonds. The number of hydrogen-bond donors (Lipinski definition) is 2. The predicted octanol–water partition coefficient (Wildman–Crippen LogP) is 4.34. The van der Waals surface area contributed by atoms with Crippen LogP contribution in [0.4, 0.5) is 10.5 Å². The SMILES string of the molecule is COc1ccccc1C[C@]1(C)NC(=O)N(CC(=O)Nc2ccccc2Sc2ccccc2)C1=O. The number of imide groups is 1. The van der Waals surface area contributed by atoms with E-state index >= 15 is 0 Å². The van der Waals surface area contributed by atoms with Crippen LogP contribution in [0.15, 0.2) is 88.7 Å². The molecule has 3 aromatic carbocycles. The third-order valence-corrected chi connectivity index (χ3v) is 6.60. The Bertz CT molecular complexity index is 1220. The Hall–Kier alpha value is -3.78. The lowest BCUT2D eigenvalue weighted by molar-refractivity contribution is -0.133. The summed E-state index contributed by atoms with van der Waals surface area (Å²) in [4.78, 5) is 41.4. The molecule has 3 aromatic rings. The molecule has 1 atom stereocenters. The van der Waals surface area contributed by atoms with E-state index in [1.807, 2.05) is 66.7 Å². The lowest BCUT2D eigenvalue weighted by atomic mass is 9.92. The number of nitrogens with one attached hydrogen (secondary N) is 2. The van der Waals surface area contributed by atoms with Crippen molar-refractivity contribution in [2.45, 2.75) is 28.7 Å². The van der Waals surface area contributed by atoms with Gasteiger partial charge in [-0.15, -0.1) is 0 Å². The Kier molecular flexibility index (Phi) is 6.88. The second kappa shape index (κ2) is 10.0. The fraction of sp³-hybridized carbons (Fsp3) is 0.192. The van der Waals surface area contributed by atoms with E-state index in [9.17, 15) is 14.4 Å². The van der Waals surface area contributed by atoms with Gasteiger partial charge in [0.15, 0.2) is 0 Å². The fourth-order valence-electron chi connectivity index (χ4n) is 3.85. The number of rotatable bonds is 8. The molecule has 1 heterocycles. The van der Waals surface area contributed by atoms with E-state index in [0.717, 1.165) is 20.3 Å². The Morgan fingerprint density at radius 2 is 1.68 bits per heavy atom. The molecule has 1 saturated heterocycles. The van der Waals surface area contributed by atoms with Crippen LogP contribution >= 0.6 is 11.8 Å². The minimum Gasteiger partial charge on any atom is -0.496 e. The van der Waals surface area contributed by atoms with Crippen LogP contribution in [0.5, 0.6) is 5.75 Å². The Morgan fingerprint density at radius 1 is 1.00 bits per heavy atom. The van der Waals surface area contributed by atoms with Crippen LogP contribution in [0.2, 0.25) is 0 Å². The quantitative estimate of drug-likeness (QED) is 0.474. The molecule has 7 nitrogen and oxygen atoms in total. The monoisotopic (exact) mass is 475 g/mol. The van der Waals surface area contributed by atoms with Crippen molar-refractivity contribution in [3.05, 3.63) is 84.4 Å². The molecular formula is C26H25N3O4S. The summed E-state index contributed by atoms with van der Waals surface area (Å²) in [5.41, 5.74) is 0.233. The van der Waals surface area contributed by atoms with E-state index < -0.39 is 23.4 Å². The number of anilines is 1. The zero-order chi connectivity index (χ0) is 24.1. The number of benzene rings is 3. The summed E-state index contributed by atoms with van der Waals surface area (Å²) in [5, 5.41) is 5.58. The van der Waals surface area contributed by atoms with Crippen molar-refractivity contribution >= 4 is 35.3 Å². The topological polar surface area (TPSA) is 87.7 Å². The zero-order valence-electron chi connectivity index (χ0n) is 18.9. The van der Waals surface area contributed by atoms with Gasteiger partial charge in [0.1, 0.15) is 17.8 Å². The standard InChI is InChI=1S/C26H25N3O4S/c1-26(16-18-10-6-8-14-21(18)33-2)24(31)29(25(32)28-26)17-23(30)27-20-13-7-9-15-22(20)34-19-11-4-3-5-12-19/h3-15H,16-17H2,1-2H3,(H,27,30)(H,28,32)/t26-/m0/s1. The summed E-state index contributed by atoms with van der Waals surface area (Å²) < 4.78 is 5.37. The number of methoxy groups -OCH3 is 1. The van der Waals surface area contributed by atoms with Gasteiger partial charge in [0.25, 0.3) is 5.91 Å². The van der Waals surface area contributed by atoms with Gasteiger partial charge in [0, 0.05) is 16.2 Å². The smallest absolute Gasteiger partial charge is 0.325 e. The lowest BCUT2D eigenvalue weighted by Crippen LogP contribution is -2.46. The molecule has 1 aliphatic rings. The van der Waals surface area contributed by atoms with E-state index in [2.05, 4.69) is 10.6 Å². The van der Waals surface area contributed by atoms with Crippen molar-refractivity contribution in [1.29, 1.82) is 0 Å². The number of para-hydroxylation sites is 2. The van der Waals surface area contributed by atoms with Crippen LogP contribution in [0.3, 0.4) is 0 Å². The lowest BCUT2D eigenvalue weighted by Gasteiger charge is -2.22. The van der Waals surface area contributed by atoms with Crippen molar-refractivity contribution in [1.82, 2.24) is 10.2 Å². The number of carbonyl (C=O) groups excluding carboxylic acids is 3. The van der Waals surface area contributed by atoms with Crippen molar-refractivity contribution < 1.29 is 19.1 Å². The minimum atomic E-state index is -1.17. The number of nitrogens with zero attached hydrogens (tertiary/aromatic N) is 1. The van der Waals surface area contributed by atoms with E-state index in [1.54, 1.807) is 26.2 Å². The number of amides is 4. The van der Waals surface area contributed by atoms with Gasteiger partial charge in [-0.25, -0.2) is 4.79 Å². The van der Waals surface area contributed by atoms with Gasteiger partial charge in [-0.1, -0.05) is 60.3 Å². The molecular weight excluding hydrogens is 450 g/mol. The second-order valence-corrected chi connectivity index (χ2v) is 9.22. The van der Waals surface area contributed by atoms with E-state index in [4.69, 9.17) is 4.74 Å². The van der Waals surface area contributed by atoms with Gasteiger partial charge in [0.2, 0.25) is 5.91 Å². The summed E-state index contributed by atoms with van der Waals surface area (Å²) in [5.74, 6) is -0.272. The van der Waals surface area contributed by atoms with Gasteiger partial charge in [-0.3, -0.25) is 14.5 Å². The molecule has 0 unspecified atom stereocenters. The molecule has 174 valence electrons. The van der Waals surface area contributed by atoms with Crippen molar-refractivity contribution in [3.8, 4) is 5.75 Å². The van der Waals surface area contributed by atoms with Crippen LogP contribution in [-0.2, 0) is 16.0 Å². The van der Waals surface area contributed by atoms with Gasteiger partial charge < -0.3 is 15.4 Å². The molecule has 34 heavy (non-hydrogen) atoms. The number of carbonyl (C=O) groups is 3. The third kappa shape index (κ3) is 5.07. The summed E-state index contributed by atoms with van der Waals surface area (Å²) in [6, 6.07) is 24.0. The first-order valence-electron chi connectivity index (χ1n) is 10.8. The fourth-order valence-corrected chi connectivity index (χ4v) is 4.77. The first-order valence-corrected chi connectivity index (χ1v) is 11.6. The van der Waals surface area contributed by atoms with Crippen molar-refractivity contribution in [2.24, 2.45) is 0 Å². The van der Waals surface area contributed by atoms with Gasteiger partial charge in [-0.2, -0.15) is 0 Å². The van der Waals surface area contributed by atoms with Gasteiger partial charge >= 0.3 is 6.03 Å². The largest absolute Gasteiger partial charge is 0.496 e. The van der Waals surface area contributed by atoms with Crippen LogP contribution < -0.4 is 15.4 Å². The van der Waals surface area contributed by atoms with E-state index in [-0.39, 0.29) is 13.0 Å². The maximum atomic E-state index is 13.2. The Labute approximate surface area is 202 Å². The van der Waals surface area contributed by atoms with Crippen LogP contribution in [0, 0.1) is 0 Å². The predicted molar refractivity (Wildman–Crippen MR) is 131 cm³/mol. The van der Waals surface area contributed by atoms with E-state index in [0.29, 0.717) is 11.4 Å². The average molecular weight is 476 g/mol. The van der Waals surface area contributed by atoms with Gasteiger partial charge in [0.05, 0.1) is 12.8 Å². The molecule has 2 N–H and O–H groups in total. The summed E-state index contributed by atoms with van der Waals surface area (Å²) in [7, 11) is 1.56. The van der Waals surface area contributed by atoms with E-state index in [1.165, 1.54) is 11.8 Å². The zero-order valence-corrected chi connectivity index (χ0v) is 19.7. The molecule has 0 bridgehead atoms. The number of ether oxygens (including phenoxy) is 1. The normalized spacial score (nSPS) is 17.4. The van der Waals surface area contributed by atoms with Gasteiger partial charge in [-0.05, 0) is 42.8 Å². The molecule has 4 rings (SSSR count). The molecule has 1 aliphatic heterocycles. The molecule has 0 saturated carbocycles. The number of urea groups is 1. The Balaban J connectivity index is 1.45. The molecule has 8 heteroatoms. The minimum absolute atomic E-state index is 0.246. The highest BCUT2D eigenvalue weighted by atomic mass is 32.2. The van der Waals surface area contributed by atoms with Crippen molar-refractivity contribution in [2.75, 3.05) is 19.0 Å². The van der Waals surface area contributed by atoms with Crippen molar-refractivity contribution in [3.63, 3.8) is 0 Å². The maximum absolute atomic E-state index is 13.2.